The normalized spacial score (nSPS) is 25.2. The molecule has 0 amide bonds. The van der Waals surface area contributed by atoms with Crippen LogP contribution in [0.1, 0.15) is 63.5 Å². The van der Waals surface area contributed by atoms with Crippen molar-refractivity contribution in [3.63, 3.8) is 0 Å². The van der Waals surface area contributed by atoms with Crippen LogP contribution in [0.3, 0.4) is 0 Å². The highest BCUT2D eigenvalue weighted by Crippen LogP contribution is 2.55. The summed E-state index contributed by atoms with van der Waals surface area (Å²) in [7, 11) is 2.23. The van der Waals surface area contributed by atoms with Gasteiger partial charge in [0, 0.05) is 42.3 Å². The molecule has 172 valence electrons. The van der Waals surface area contributed by atoms with Crippen molar-refractivity contribution in [1.82, 2.24) is 0 Å². The number of anilines is 1. The molecule has 2 nitrogen and oxygen atoms in total. The quantitative estimate of drug-likeness (QED) is 0.461. The number of para-hydroxylation sites is 1. The molecule has 0 saturated carbocycles. The second-order valence-corrected chi connectivity index (χ2v) is 10.2. The fraction of sp³-hybridized carbons (Fsp3) is 0.419. The highest BCUT2D eigenvalue weighted by molar-refractivity contribution is 5.70. The van der Waals surface area contributed by atoms with Crippen LogP contribution in [-0.2, 0) is 10.2 Å². The molecule has 0 aromatic heterocycles. The average Bonchev–Trinajstić information content (AvgIpc) is 3.03. The zero-order valence-electron chi connectivity index (χ0n) is 20.6. The van der Waals surface area contributed by atoms with Gasteiger partial charge < -0.3 is 9.64 Å². The van der Waals surface area contributed by atoms with E-state index in [-0.39, 0.29) is 5.41 Å². The lowest BCUT2D eigenvalue weighted by Crippen LogP contribution is -2.34. The van der Waals surface area contributed by atoms with Gasteiger partial charge in [-0.15, -0.1) is 0 Å². The van der Waals surface area contributed by atoms with E-state index in [0.29, 0.717) is 11.8 Å². The number of hydrogen-bond acceptors (Lipinski definition) is 2. The number of likely N-dealkylation sites (N-methyl/N-ethyl adjacent to an activating group) is 1. The van der Waals surface area contributed by atoms with E-state index < -0.39 is 0 Å². The molecule has 5 rings (SSSR count). The molecular formula is C31H37NO. The van der Waals surface area contributed by atoms with Crippen LogP contribution in [-0.4, -0.2) is 20.3 Å². The summed E-state index contributed by atoms with van der Waals surface area (Å²) in [5.74, 6) is 0.772. The molecule has 0 bridgehead atoms. The monoisotopic (exact) mass is 439 g/mol. The lowest BCUT2D eigenvalue weighted by Gasteiger charge is -2.44. The topological polar surface area (TPSA) is 12.5 Å². The van der Waals surface area contributed by atoms with Gasteiger partial charge in [-0.25, -0.2) is 0 Å². The minimum Gasteiger partial charge on any atom is -0.377 e. The Bertz CT molecular complexity index is 1100. The first kappa shape index (κ1) is 22.2. The number of benzene rings is 2. The zero-order chi connectivity index (χ0) is 23.0. The summed E-state index contributed by atoms with van der Waals surface area (Å²) >= 11 is 0. The fourth-order valence-corrected chi connectivity index (χ4v) is 6.24. The molecule has 1 heterocycles. The summed E-state index contributed by atoms with van der Waals surface area (Å²) in [5.41, 5.74) is 10.2. The molecule has 0 spiro atoms. The molecular weight excluding hydrogens is 402 g/mol. The highest BCUT2D eigenvalue weighted by Gasteiger charge is 2.45. The Morgan fingerprint density at radius 3 is 2.48 bits per heavy atom. The van der Waals surface area contributed by atoms with Crippen LogP contribution in [0.2, 0.25) is 0 Å². The van der Waals surface area contributed by atoms with Crippen molar-refractivity contribution in [3.05, 3.63) is 100 Å². The Morgan fingerprint density at radius 2 is 1.79 bits per heavy atom. The summed E-state index contributed by atoms with van der Waals surface area (Å²) in [6, 6.07) is 20.0. The summed E-state index contributed by atoms with van der Waals surface area (Å²) in [5, 5.41) is 0. The summed E-state index contributed by atoms with van der Waals surface area (Å²) < 4.78 is 6.05. The minimum atomic E-state index is -0.0107. The molecule has 2 heteroatoms. The third kappa shape index (κ3) is 3.79. The molecule has 2 aromatic carbocycles. The minimum absolute atomic E-state index is 0.0107. The number of allylic oxidation sites excluding steroid dienone is 5. The van der Waals surface area contributed by atoms with Gasteiger partial charge in [0.05, 0.1) is 6.61 Å². The van der Waals surface area contributed by atoms with Gasteiger partial charge in [-0.1, -0.05) is 74.5 Å². The highest BCUT2D eigenvalue weighted by atomic mass is 16.5. The predicted molar refractivity (Wildman–Crippen MR) is 139 cm³/mol. The SMILES string of the molecule is CCOCC1=C(C2=CCCCC2)C(c2ccccc2)C1/C=C1/N(C)c2ccccc2C1(C)C. The lowest BCUT2D eigenvalue weighted by molar-refractivity contribution is 0.158. The van der Waals surface area contributed by atoms with Crippen molar-refractivity contribution >= 4 is 5.69 Å². The van der Waals surface area contributed by atoms with Crippen molar-refractivity contribution in [2.45, 2.75) is 57.8 Å². The van der Waals surface area contributed by atoms with Gasteiger partial charge in [-0.05, 0) is 66.5 Å². The largest absolute Gasteiger partial charge is 0.377 e. The molecule has 0 N–H and O–H groups in total. The first-order valence-electron chi connectivity index (χ1n) is 12.6. The number of hydrogen-bond donors (Lipinski definition) is 0. The second-order valence-electron chi connectivity index (χ2n) is 10.2. The average molecular weight is 440 g/mol. The van der Waals surface area contributed by atoms with Crippen molar-refractivity contribution in [1.29, 1.82) is 0 Å². The van der Waals surface area contributed by atoms with Gasteiger partial charge in [0.2, 0.25) is 0 Å². The van der Waals surface area contributed by atoms with Crippen LogP contribution in [0.4, 0.5) is 5.69 Å². The number of ether oxygens (including phenoxy) is 1. The predicted octanol–water partition coefficient (Wildman–Crippen LogP) is 7.55. The number of rotatable bonds is 6. The Morgan fingerprint density at radius 1 is 1.03 bits per heavy atom. The molecule has 2 atom stereocenters. The molecule has 33 heavy (non-hydrogen) atoms. The van der Waals surface area contributed by atoms with Crippen molar-refractivity contribution in [3.8, 4) is 0 Å². The van der Waals surface area contributed by atoms with Crippen LogP contribution in [0, 0.1) is 5.92 Å². The molecule has 2 aliphatic carbocycles. The van der Waals surface area contributed by atoms with E-state index in [4.69, 9.17) is 4.74 Å². The summed E-state index contributed by atoms with van der Waals surface area (Å²) in [4.78, 5) is 2.41. The molecule has 0 fully saturated rings. The maximum atomic E-state index is 6.05. The van der Waals surface area contributed by atoms with Crippen LogP contribution < -0.4 is 4.90 Å². The van der Waals surface area contributed by atoms with Gasteiger partial charge in [-0.2, -0.15) is 0 Å². The van der Waals surface area contributed by atoms with Crippen molar-refractivity contribution < 1.29 is 4.74 Å². The van der Waals surface area contributed by atoms with E-state index in [9.17, 15) is 0 Å². The molecule has 0 radical (unpaired) electrons. The van der Waals surface area contributed by atoms with Gasteiger partial charge in [0.1, 0.15) is 0 Å². The third-order valence-electron chi connectivity index (χ3n) is 7.95. The van der Waals surface area contributed by atoms with Gasteiger partial charge in [0.25, 0.3) is 0 Å². The molecule has 2 unspecified atom stereocenters. The Hall–Kier alpha value is -2.58. The lowest BCUT2D eigenvalue weighted by atomic mass is 9.61. The van der Waals surface area contributed by atoms with Crippen LogP contribution in [0.15, 0.2) is 89.2 Å². The van der Waals surface area contributed by atoms with E-state index in [1.165, 1.54) is 53.8 Å². The standard InChI is InChI=1S/C31H37NO/c1-5-33-21-25-24(20-28-31(2,3)26-18-12-13-19-27(26)32(28)4)29(22-14-8-6-9-15-22)30(25)23-16-10-7-11-17-23/h6,8-9,12-16,18-20,24,29H,5,7,10-11,17,21H2,1-4H3/b28-20+. The van der Waals surface area contributed by atoms with Gasteiger partial charge in [-0.3, -0.25) is 0 Å². The maximum Gasteiger partial charge on any atom is 0.0688 e. The van der Waals surface area contributed by atoms with E-state index in [0.717, 1.165) is 13.2 Å². The van der Waals surface area contributed by atoms with E-state index in [1.54, 1.807) is 11.1 Å². The van der Waals surface area contributed by atoms with Gasteiger partial charge in [0.15, 0.2) is 0 Å². The Labute approximate surface area is 199 Å². The Balaban J connectivity index is 1.63. The third-order valence-corrected chi connectivity index (χ3v) is 7.95. The van der Waals surface area contributed by atoms with Crippen LogP contribution >= 0.6 is 0 Å². The smallest absolute Gasteiger partial charge is 0.0688 e. The summed E-state index contributed by atoms with van der Waals surface area (Å²) in [6.07, 6.45) is 10.1. The molecule has 3 aliphatic rings. The molecule has 2 aromatic rings. The first-order valence-corrected chi connectivity index (χ1v) is 12.6. The number of fused-ring (bicyclic) bond motifs is 1. The molecule has 0 saturated heterocycles. The van der Waals surface area contributed by atoms with Crippen LogP contribution in [0.25, 0.3) is 0 Å². The maximum absolute atomic E-state index is 6.05. The zero-order valence-corrected chi connectivity index (χ0v) is 20.6. The van der Waals surface area contributed by atoms with E-state index in [2.05, 4.69) is 99.5 Å². The van der Waals surface area contributed by atoms with E-state index >= 15 is 0 Å². The fourth-order valence-electron chi connectivity index (χ4n) is 6.24. The van der Waals surface area contributed by atoms with Crippen molar-refractivity contribution in [2.24, 2.45) is 5.92 Å². The summed E-state index contributed by atoms with van der Waals surface area (Å²) in [6.45, 7) is 8.33. The Kier molecular flexibility index (Phi) is 6.05. The van der Waals surface area contributed by atoms with Crippen molar-refractivity contribution in [2.75, 3.05) is 25.2 Å². The number of nitrogens with zero attached hydrogens (tertiary/aromatic N) is 1. The molecule has 1 aliphatic heterocycles. The van der Waals surface area contributed by atoms with E-state index in [1.807, 2.05) is 0 Å². The van der Waals surface area contributed by atoms with Crippen LogP contribution in [0.5, 0.6) is 0 Å². The second kappa shape index (κ2) is 8.99. The van der Waals surface area contributed by atoms with Gasteiger partial charge >= 0.3 is 0 Å². The first-order chi connectivity index (χ1) is 16.0.